The SMILES string of the molecule is CN(CN)Cc1ccc2c(c1)CCCC2. The summed E-state index contributed by atoms with van der Waals surface area (Å²) >= 11 is 0. The van der Waals surface area contributed by atoms with Crippen LogP contribution in [0.3, 0.4) is 0 Å². The van der Waals surface area contributed by atoms with Crippen molar-refractivity contribution in [3.8, 4) is 0 Å². The standard InChI is InChI=1S/C13H20N2/c1-15(10-14)9-11-6-7-12-4-2-3-5-13(12)8-11/h6-8H,2-5,9-10,14H2,1H3. The monoisotopic (exact) mass is 204 g/mol. The maximum Gasteiger partial charge on any atom is 0.0455 e. The average molecular weight is 204 g/mol. The summed E-state index contributed by atoms with van der Waals surface area (Å²) in [5.74, 6) is 0. The summed E-state index contributed by atoms with van der Waals surface area (Å²) in [7, 11) is 2.06. The predicted octanol–water partition coefficient (Wildman–Crippen LogP) is 1.91. The van der Waals surface area contributed by atoms with Crippen molar-refractivity contribution >= 4 is 0 Å². The molecule has 0 fully saturated rings. The fourth-order valence-corrected chi connectivity index (χ4v) is 2.26. The Bertz CT molecular complexity index is 333. The van der Waals surface area contributed by atoms with Gasteiger partial charge in [0.15, 0.2) is 0 Å². The van der Waals surface area contributed by atoms with Gasteiger partial charge in [0.05, 0.1) is 0 Å². The van der Waals surface area contributed by atoms with E-state index in [1.807, 2.05) is 0 Å². The van der Waals surface area contributed by atoms with Gasteiger partial charge in [-0.1, -0.05) is 18.2 Å². The van der Waals surface area contributed by atoms with Crippen molar-refractivity contribution in [3.05, 3.63) is 34.9 Å². The smallest absolute Gasteiger partial charge is 0.0455 e. The second kappa shape index (κ2) is 4.77. The van der Waals surface area contributed by atoms with E-state index in [-0.39, 0.29) is 0 Å². The van der Waals surface area contributed by atoms with Gasteiger partial charge >= 0.3 is 0 Å². The van der Waals surface area contributed by atoms with Crippen molar-refractivity contribution in [3.63, 3.8) is 0 Å². The Hall–Kier alpha value is -0.860. The molecule has 1 aliphatic carbocycles. The molecule has 1 aromatic rings. The molecule has 0 heterocycles. The van der Waals surface area contributed by atoms with Crippen LogP contribution in [0.5, 0.6) is 0 Å². The summed E-state index contributed by atoms with van der Waals surface area (Å²) in [6, 6.07) is 6.91. The molecule has 2 heteroatoms. The number of benzene rings is 1. The Balaban J connectivity index is 2.13. The van der Waals surface area contributed by atoms with Gasteiger partial charge in [-0.15, -0.1) is 0 Å². The maximum atomic E-state index is 5.58. The van der Waals surface area contributed by atoms with E-state index in [9.17, 15) is 0 Å². The maximum absolute atomic E-state index is 5.58. The normalized spacial score (nSPS) is 15.4. The van der Waals surface area contributed by atoms with Gasteiger partial charge in [0, 0.05) is 13.2 Å². The first kappa shape index (κ1) is 10.7. The molecule has 2 rings (SSSR count). The van der Waals surface area contributed by atoms with Gasteiger partial charge in [-0.2, -0.15) is 0 Å². The van der Waals surface area contributed by atoms with Crippen LogP contribution in [0, 0.1) is 0 Å². The Morgan fingerprint density at radius 2 is 1.93 bits per heavy atom. The van der Waals surface area contributed by atoms with Crippen LogP contribution in [-0.2, 0) is 19.4 Å². The van der Waals surface area contributed by atoms with E-state index in [0.29, 0.717) is 6.67 Å². The summed E-state index contributed by atoms with van der Waals surface area (Å²) in [4.78, 5) is 2.13. The molecule has 0 aliphatic heterocycles. The number of rotatable bonds is 3. The molecule has 1 aliphatic rings. The fourth-order valence-electron chi connectivity index (χ4n) is 2.26. The quantitative estimate of drug-likeness (QED) is 0.762. The number of aryl methyl sites for hydroxylation is 2. The van der Waals surface area contributed by atoms with E-state index in [1.165, 1.54) is 31.2 Å². The third-order valence-corrected chi connectivity index (χ3v) is 3.18. The van der Waals surface area contributed by atoms with Crippen molar-refractivity contribution in [1.29, 1.82) is 0 Å². The number of fused-ring (bicyclic) bond motifs is 1. The topological polar surface area (TPSA) is 29.3 Å². The summed E-state index contributed by atoms with van der Waals surface area (Å²) in [5, 5.41) is 0. The zero-order valence-electron chi connectivity index (χ0n) is 9.50. The number of hydrogen-bond acceptors (Lipinski definition) is 2. The third-order valence-electron chi connectivity index (χ3n) is 3.18. The Morgan fingerprint density at radius 1 is 1.20 bits per heavy atom. The molecule has 2 nitrogen and oxygen atoms in total. The van der Waals surface area contributed by atoms with Crippen LogP contribution in [0.25, 0.3) is 0 Å². The zero-order chi connectivity index (χ0) is 10.7. The van der Waals surface area contributed by atoms with Gasteiger partial charge in [-0.25, -0.2) is 0 Å². The predicted molar refractivity (Wildman–Crippen MR) is 63.6 cm³/mol. The molecule has 0 saturated carbocycles. The summed E-state index contributed by atoms with van der Waals surface area (Å²) in [5.41, 5.74) is 10.1. The summed E-state index contributed by atoms with van der Waals surface area (Å²) in [6.45, 7) is 1.58. The molecule has 0 amide bonds. The number of nitrogens with two attached hydrogens (primary N) is 1. The lowest BCUT2D eigenvalue weighted by atomic mass is 9.90. The fraction of sp³-hybridized carbons (Fsp3) is 0.538. The molecule has 0 bridgehead atoms. The molecule has 82 valence electrons. The van der Waals surface area contributed by atoms with Gasteiger partial charge in [0.25, 0.3) is 0 Å². The lowest BCUT2D eigenvalue weighted by molar-refractivity contribution is 0.337. The third kappa shape index (κ3) is 2.58. The molecule has 0 radical (unpaired) electrons. The lowest BCUT2D eigenvalue weighted by Gasteiger charge is -2.19. The van der Waals surface area contributed by atoms with Crippen LogP contribution in [0.1, 0.15) is 29.5 Å². The molecule has 0 spiro atoms. The van der Waals surface area contributed by atoms with Crippen molar-refractivity contribution in [1.82, 2.24) is 4.90 Å². The van der Waals surface area contributed by atoms with Crippen molar-refractivity contribution in [2.45, 2.75) is 32.2 Å². The van der Waals surface area contributed by atoms with Gasteiger partial charge < -0.3 is 5.73 Å². The summed E-state index contributed by atoms with van der Waals surface area (Å²) < 4.78 is 0. The van der Waals surface area contributed by atoms with E-state index in [4.69, 9.17) is 5.73 Å². The highest BCUT2D eigenvalue weighted by Gasteiger charge is 2.09. The Kier molecular flexibility index (Phi) is 3.39. The molecular formula is C13H20N2. The second-order valence-corrected chi connectivity index (χ2v) is 4.51. The molecule has 2 N–H and O–H groups in total. The highest BCUT2D eigenvalue weighted by molar-refractivity contribution is 5.33. The van der Waals surface area contributed by atoms with Crippen LogP contribution in [0.4, 0.5) is 0 Å². The Labute approximate surface area is 92.1 Å². The van der Waals surface area contributed by atoms with Crippen LogP contribution < -0.4 is 5.73 Å². The molecule has 0 atom stereocenters. The van der Waals surface area contributed by atoms with Gasteiger partial charge in [-0.05, 0) is 49.4 Å². The first-order valence-corrected chi connectivity index (χ1v) is 5.79. The second-order valence-electron chi connectivity index (χ2n) is 4.51. The minimum absolute atomic E-state index is 0.622. The van der Waals surface area contributed by atoms with Crippen molar-refractivity contribution in [2.24, 2.45) is 5.73 Å². The number of hydrogen-bond donors (Lipinski definition) is 1. The van der Waals surface area contributed by atoms with Gasteiger partial charge in [-0.3, -0.25) is 4.90 Å². The zero-order valence-corrected chi connectivity index (χ0v) is 9.50. The molecule has 0 aromatic heterocycles. The van der Waals surface area contributed by atoms with Crippen molar-refractivity contribution < 1.29 is 0 Å². The molecule has 1 aromatic carbocycles. The van der Waals surface area contributed by atoms with Crippen molar-refractivity contribution in [2.75, 3.05) is 13.7 Å². The van der Waals surface area contributed by atoms with E-state index in [0.717, 1.165) is 6.54 Å². The lowest BCUT2D eigenvalue weighted by Crippen LogP contribution is -2.25. The molecular weight excluding hydrogens is 184 g/mol. The van der Waals surface area contributed by atoms with Gasteiger partial charge in [0.1, 0.15) is 0 Å². The van der Waals surface area contributed by atoms with Crippen LogP contribution >= 0.6 is 0 Å². The minimum Gasteiger partial charge on any atom is -0.318 e. The van der Waals surface area contributed by atoms with Crippen LogP contribution in [0.15, 0.2) is 18.2 Å². The molecule has 15 heavy (non-hydrogen) atoms. The Morgan fingerprint density at radius 3 is 2.67 bits per heavy atom. The minimum atomic E-state index is 0.622. The average Bonchev–Trinajstić information content (AvgIpc) is 2.29. The highest BCUT2D eigenvalue weighted by Crippen LogP contribution is 2.22. The van der Waals surface area contributed by atoms with E-state index in [1.54, 1.807) is 11.1 Å². The van der Waals surface area contributed by atoms with E-state index >= 15 is 0 Å². The number of nitrogens with zero attached hydrogens (tertiary/aromatic N) is 1. The van der Waals surface area contributed by atoms with E-state index in [2.05, 4.69) is 30.1 Å². The van der Waals surface area contributed by atoms with E-state index < -0.39 is 0 Å². The van der Waals surface area contributed by atoms with Gasteiger partial charge in [0.2, 0.25) is 0 Å². The highest BCUT2D eigenvalue weighted by atomic mass is 15.1. The van der Waals surface area contributed by atoms with Crippen LogP contribution in [-0.4, -0.2) is 18.6 Å². The van der Waals surface area contributed by atoms with Crippen LogP contribution in [0.2, 0.25) is 0 Å². The summed E-state index contributed by atoms with van der Waals surface area (Å²) in [6.07, 6.45) is 5.23. The molecule has 0 saturated heterocycles. The first-order valence-electron chi connectivity index (χ1n) is 5.79. The largest absolute Gasteiger partial charge is 0.318 e. The first-order chi connectivity index (χ1) is 7.29. The molecule has 0 unspecified atom stereocenters.